The Morgan fingerprint density at radius 1 is 1.30 bits per heavy atom. The number of benzene rings is 1. The van der Waals surface area contributed by atoms with Crippen LogP contribution in [0.1, 0.15) is 12.5 Å². The fourth-order valence-electron chi connectivity index (χ4n) is 1.41. The summed E-state index contributed by atoms with van der Waals surface area (Å²) in [7, 11) is 1.48. The molecule has 0 spiro atoms. The predicted octanol–water partition coefficient (Wildman–Crippen LogP) is 1.14. The van der Waals surface area contributed by atoms with Gasteiger partial charge in [-0.05, 0) is 30.7 Å². The third-order valence-electron chi connectivity index (χ3n) is 2.26. The minimum Gasteiger partial charge on any atom is -0.493 e. The monoisotopic (exact) mass is 279 g/mol. The van der Waals surface area contributed by atoms with E-state index in [1.807, 2.05) is 0 Å². The lowest BCUT2D eigenvalue weighted by Crippen LogP contribution is -2.20. The van der Waals surface area contributed by atoms with Crippen LogP contribution in [0.5, 0.6) is 11.5 Å². The van der Waals surface area contributed by atoms with E-state index in [1.165, 1.54) is 13.2 Å². The standard InChI is InChI=1S/C14H17NO5/c1-3-19-14(17)7-5-10-4-6-11(12(8-10)18-2)20-9-13(15)16/h4-8H,3,9H2,1-2H3,(H2,15,16). The van der Waals surface area contributed by atoms with Gasteiger partial charge in [-0.25, -0.2) is 4.79 Å². The van der Waals surface area contributed by atoms with Gasteiger partial charge in [0, 0.05) is 6.08 Å². The van der Waals surface area contributed by atoms with Crippen LogP contribution >= 0.6 is 0 Å². The summed E-state index contributed by atoms with van der Waals surface area (Å²) < 4.78 is 15.1. The molecule has 6 nitrogen and oxygen atoms in total. The van der Waals surface area contributed by atoms with Gasteiger partial charge in [-0.3, -0.25) is 4.79 Å². The Morgan fingerprint density at radius 3 is 2.65 bits per heavy atom. The van der Waals surface area contributed by atoms with Crippen molar-refractivity contribution in [3.8, 4) is 11.5 Å². The van der Waals surface area contributed by atoms with Crippen molar-refractivity contribution in [2.75, 3.05) is 20.3 Å². The molecule has 2 N–H and O–H groups in total. The van der Waals surface area contributed by atoms with Crippen LogP contribution in [0, 0.1) is 0 Å². The Labute approximate surface area is 117 Å². The molecule has 1 aromatic carbocycles. The number of nitrogens with two attached hydrogens (primary N) is 1. The average Bonchev–Trinajstić information content (AvgIpc) is 2.43. The summed E-state index contributed by atoms with van der Waals surface area (Å²) in [6, 6.07) is 5.02. The first-order valence-electron chi connectivity index (χ1n) is 6.00. The maximum atomic E-state index is 11.2. The molecule has 0 radical (unpaired) electrons. The molecule has 108 valence electrons. The second-order valence-electron chi connectivity index (χ2n) is 3.75. The van der Waals surface area contributed by atoms with Crippen molar-refractivity contribution in [1.29, 1.82) is 0 Å². The number of hydrogen-bond donors (Lipinski definition) is 1. The molecule has 0 heterocycles. The summed E-state index contributed by atoms with van der Waals surface area (Å²) in [5.41, 5.74) is 5.74. The van der Waals surface area contributed by atoms with E-state index in [4.69, 9.17) is 19.9 Å². The number of methoxy groups -OCH3 is 1. The largest absolute Gasteiger partial charge is 0.493 e. The first kappa shape index (κ1) is 15.6. The molecular formula is C14H17NO5. The Morgan fingerprint density at radius 2 is 2.05 bits per heavy atom. The number of hydrogen-bond acceptors (Lipinski definition) is 5. The maximum absolute atomic E-state index is 11.2. The van der Waals surface area contributed by atoms with Gasteiger partial charge in [0.05, 0.1) is 13.7 Å². The highest BCUT2D eigenvalue weighted by Crippen LogP contribution is 2.28. The molecule has 0 atom stereocenters. The van der Waals surface area contributed by atoms with E-state index in [-0.39, 0.29) is 6.61 Å². The highest BCUT2D eigenvalue weighted by molar-refractivity contribution is 5.87. The van der Waals surface area contributed by atoms with Gasteiger partial charge in [-0.1, -0.05) is 6.07 Å². The summed E-state index contributed by atoms with van der Waals surface area (Å²) in [4.78, 5) is 21.9. The van der Waals surface area contributed by atoms with E-state index in [0.29, 0.717) is 18.1 Å². The van der Waals surface area contributed by atoms with Gasteiger partial charge in [-0.15, -0.1) is 0 Å². The minimum atomic E-state index is -0.571. The molecule has 1 rings (SSSR count). The molecule has 0 saturated heterocycles. The molecule has 0 aliphatic heterocycles. The van der Waals surface area contributed by atoms with Gasteiger partial charge >= 0.3 is 5.97 Å². The molecule has 0 saturated carbocycles. The quantitative estimate of drug-likeness (QED) is 0.597. The highest BCUT2D eigenvalue weighted by atomic mass is 16.5. The maximum Gasteiger partial charge on any atom is 0.330 e. The molecular weight excluding hydrogens is 262 g/mol. The van der Waals surface area contributed by atoms with E-state index < -0.39 is 11.9 Å². The zero-order valence-electron chi connectivity index (χ0n) is 11.4. The fourth-order valence-corrected chi connectivity index (χ4v) is 1.41. The van der Waals surface area contributed by atoms with E-state index in [0.717, 1.165) is 5.56 Å². The van der Waals surface area contributed by atoms with Crippen molar-refractivity contribution in [2.24, 2.45) is 5.73 Å². The first-order chi connectivity index (χ1) is 9.56. The topological polar surface area (TPSA) is 87.9 Å². The Hall–Kier alpha value is -2.50. The highest BCUT2D eigenvalue weighted by Gasteiger charge is 2.06. The molecule has 6 heteroatoms. The van der Waals surface area contributed by atoms with Crippen LogP contribution in [0.3, 0.4) is 0 Å². The van der Waals surface area contributed by atoms with E-state index in [9.17, 15) is 9.59 Å². The summed E-state index contributed by atoms with van der Waals surface area (Å²) in [5.74, 6) is -0.143. The van der Waals surface area contributed by atoms with Crippen LogP contribution in [0.15, 0.2) is 24.3 Å². The summed E-state index contributed by atoms with van der Waals surface area (Å²) in [5, 5.41) is 0. The van der Waals surface area contributed by atoms with Crippen LogP contribution in [0.2, 0.25) is 0 Å². The van der Waals surface area contributed by atoms with Crippen molar-refractivity contribution < 1.29 is 23.8 Å². The Kier molecular flexibility index (Phi) is 6.09. The van der Waals surface area contributed by atoms with Crippen molar-refractivity contribution in [3.05, 3.63) is 29.8 Å². The second-order valence-corrected chi connectivity index (χ2v) is 3.75. The number of rotatable bonds is 7. The Balaban J connectivity index is 2.81. The van der Waals surface area contributed by atoms with E-state index in [2.05, 4.69) is 0 Å². The molecule has 0 unspecified atom stereocenters. The van der Waals surface area contributed by atoms with Crippen LogP contribution in [-0.4, -0.2) is 32.2 Å². The smallest absolute Gasteiger partial charge is 0.330 e. The minimum absolute atomic E-state index is 0.228. The lowest BCUT2D eigenvalue weighted by molar-refractivity contribution is -0.137. The van der Waals surface area contributed by atoms with E-state index >= 15 is 0 Å². The van der Waals surface area contributed by atoms with Crippen LogP contribution in [0.25, 0.3) is 6.08 Å². The van der Waals surface area contributed by atoms with Gasteiger partial charge in [0.25, 0.3) is 5.91 Å². The number of primary amides is 1. The zero-order chi connectivity index (χ0) is 15.0. The number of esters is 1. The molecule has 0 fully saturated rings. The average molecular weight is 279 g/mol. The van der Waals surface area contributed by atoms with Crippen LogP contribution < -0.4 is 15.2 Å². The van der Waals surface area contributed by atoms with Gasteiger partial charge < -0.3 is 19.9 Å². The number of amides is 1. The SMILES string of the molecule is CCOC(=O)C=Cc1ccc(OCC(N)=O)c(OC)c1. The second kappa shape index (κ2) is 7.83. The molecule has 1 aromatic rings. The van der Waals surface area contributed by atoms with Crippen molar-refractivity contribution >= 4 is 18.0 Å². The lowest BCUT2D eigenvalue weighted by Gasteiger charge is -2.09. The molecule has 0 bridgehead atoms. The summed E-state index contributed by atoms with van der Waals surface area (Å²) >= 11 is 0. The van der Waals surface area contributed by atoms with Crippen LogP contribution in [-0.2, 0) is 14.3 Å². The molecule has 20 heavy (non-hydrogen) atoms. The summed E-state index contributed by atoms with van der Waals surface area (Å²) in [6.45, 7) is 1.83. The Bertz CT molecular complexity index is 510. The van der Waals surface area contributed by atoms with Gasteiger partial charge in [0.2, 0.25) is 0 Å². The zero-order valence-corrected chi connectivity index (χ0v) is 11.4. The molecule has 0 aromatic heterocycles. The third kappa shape index (κ3) is 5.01. The molecule has 1 amide bonds. The summed E-state index contributed by atoms with van der Waals surface area (Å²) in [6.07, 6.45) is 2.92. The predicted molar refractivity (Wildman–Crippen MR) is 73.4 cm³/mol. The van der Waals surface area contributed by atoms with Gasteiger partial charge in [-0.2, -0.15) is 0 Å². The van der Waals surface area contributed by atoms with Crippen LogP contribution in [0.4, 0.5) is 0 Å². The molecule has 0 aliphatic carbocycles. The number of carbonyl (C=O) groups excluding carboxylic acids is 2. The first-order valence-corrected chi connectivity index (χ1v) is 6.00. The van der Waals surface area contributed by atoms with Gasteiger partial charge in [0.15, 0.2) is 18.1 Å². The normalized spacial score (nSPS) is 10.3. The number of ether oxygens (including phenoxy) is 3. The van der Waals surface area contributed by atoms with Crippen molar-refractivity contribution in [2.45, 2.75) is 6.92 Å². The fraction of sp³-hybridized carbons (Fsp3) is 0.286. The van der Waals surface area contributed by atoms with Crippen molar-refractivity contribution in [3.63, 3.8) is 0 Å². The van der Waals surface area contributed by atoms with Gasteiger partial charge in [0.1, 0.15) is 0 Å². The van der Waals surface area contributed by atoms with Crippen molar-refractivity contribution in [1.82, 2.24) is 0 Å². The van der Waals surface area contributed by atoms with E-state index in [1.54, 1.807) is 31.2 Å². The molecule has 0 aliphatic rings. The lowest BCUT2D eigenvalue weighted by atomic mass is 10.2. The number of carbonyl (C=O) groups is 2. The third-order valence-corrected chi connectivity index (χ3v) is 2.26.